The number of methoxy groups -OCH3 is 2. The quantitative estimate of drug-likeness (QED) is 0.635. The molecule has 1 aromatic carbocycles. The Balaban J connectivity index is 3.04. The van der Waals surface area contributed by atoms with E-state index in [2.05, 4.69) is 0 Å². The molecule has 5 heteroatoms. The van der Waals surface area contributed by atoms with Crippen molar-refractivity contribution < 1.29 is 19.0 Å². The maximum absolute atomic E-state index is 11.3. The number of rotatable bonds is 5. The highest BCUT2D eigenvalue weighted by atomic mass is 16.5. The molecule has 0 heterocycles. The van der Waals surface area contributed by atoms with Gasteiger partial charge in [0, 0.05) is 23.4 Å². The summed E-state index contributed by atoms with van der Waals surface area (Å²) in [6, 6.07) is 5.16. The van der Waals surface area contributed by atoms with E-state index >= 15 is 0 Å². The largest absolute Gasteiger partial charge is 0.497 e. The molecule has 98 valence electrons. The Labute approximate surface area is 106 Å². The maximum Gasteiger partial charge on any atom is 0.332 e. The molecule has 0 atom stereocenters. The lowest BCUT2D eigenvalue weighted by molar-refractivity contribution is -0.137. The first-order chi connectivity index (χ1) is 8.60. The SMILES string of the molecule is CCOC(=O)/C=C(\N)c1cc(OC)cc(OC)c1. The zero-order valence-corrected chi connectivity index (χ0v) is 10.7. The van der Waals surface area contributed by atoms with Crippen molar-refractivity contribution in [1.82, 2.24) is 0 Å². The van der Waals surface area contributed by atoms with Crippen LogP contribution in [0, 0.1) is 0 Å². The Hall–Kier alpha value is -2.17. The lowest BCUT2D eigenvalue weighted by Gasteiger charge is -2.08. The third-order valence-electron chi connectivity index (χ3n) is 2.24. The van der Waals surface area contributed by atoms with Crippen molar-refractivity contribution in [2.45, 2.75) is 6.92 Å². The average Bonchev–Trinajstić information content (AvgIpc) is 2.38. The second kappa shape index (κ2) is 6.54. The van der Waals surface area contributed by atoms with Gasteiger partial charge in [-0.25, -0.2) is 4.79 Å². The molecule has 5 nitrogen and oxygen atoms in total. The second-order valence-electron chi connectivity index (χ2n) is 3.45. The number of esters is 1. The van der Waals surface area contributed by atoms with Gasteiger partial charge in [0.1, 0.15) is 11.5 Å². The fraction of sp³-hybridized carbons (Fsp3) is 0.308. The van der Waals surface area contributed by atoms with E-state index in [0.717, 1.165) is 0 Å². The van der Waals surface area contributed by atoms with E-state index in [-0.39, 0.29) is 0 Å². The minimum absolute atomic E-state index is 0.297. The van der Waals surface area contributed by atoms with Crippen molar-refractivity contribution in [1.29, 1.82) is 0 Å². The van der Waals surface area contributed by atoms with Gasteiger partial charge in [-0.2, -0.15) is 0 Å². The highest BCUT2D eigenvalue weighted by molar-refractivity contribution is 5.90. The standard InChI is InChI=1S/C13H17NO4/c1-4-18-13(15)8-12(14)9-5-10(16-2)7-11(6-9)17-3/h5-8H,4,14H2,1-3H3/b12-8-. The van der Waals surface area contributed by atoms with E-state index in [1.54, 1.807) is 39.3 Å². The smallest absolute Gasteiger partial charge is 0.332 e. The van der Waals surface area contributed by atoms with E-state index in [1.807, 2.05) is 0 Å². The van der Waals surface area contributed by atoms with Crippen LogP contribution >= 0.6 is 0 Å². The van der Waals surface area contributed by atoms with Crippen LogP contribution in [-0.4, -0.2) is 26.8 Å². The zero-order chi connectivity index (χ0) is 13.5. The Morgan fingerprint density at radius 1 is 1.22 bits per heavy atom. The summed E-state index contributed by atoms with van der Waals surface area (Å²) in [6.45, 7) is 2.04. The van der Waals surface area contributed by atoms with Gasteiger partial charge in [-0.15, -0.1) is 0 Å². The van der Waals surface area contributed by atoms with Crippen LogP contribution in [-0.2, 0) is 9.53 Å². The summed E-state index contributed by atoms with van der Waals surface area (Å²) in [4.78, 5) is 11.3. The van der Waals surface area contributed by atoms with E-state index in [4.69, 9.17) is 19.9 Å². The molecular formula is C13H17NO4. The molecule has 1 aromatic rings. The van der Waals surface area contributed by atoms with Crippen LogP contribution in [0.15, 0.2) is 24.3 Å². The lowest BCUT2D eigenvalue weighted by atomic mass is 10.1. The fourth-order valence-corrected chi connectivity index (χ4v) is 1.37. The normalized spacial score (nSPS) is 10.9. The lowest BCUT2D eigenvalue weighted by Crippen LogP contribution is -2.05. The molecule has 0 unspecified atom stereocenters. The van der Waals surface area contributed by atoms with Crippen molar-refractivity contribution in [2.75, 3.05) is 20.8 Å². The molecule has 0 aliphatic rings. The average molecular weight is 251 g/mol. The summed E-state index contributed by atoms with van der Waals surface area (Å²) in [7, 11) is 3.09. The van der Waals surface area contributed by atoms with Gasteiger partial charge < -0.3 is 19.9 Å². The fourth-order valence-electron chi connectivity index (χ4n) is 1.37. The molecule has 0 fully saturated rings. The summed E-state index contributed by atoms with van der Waals surface area (Å²) in [5, 5.41) is 0. The number of carbonyl (C=O) groups is 1. The van der Waals surface area contributed by atoms with Crippen molar-refractivity contribution in [3.63, 3.8) is 0 Å². The summed E-state index contributed by atoms with van der Waals surface area (Å²) >= 11 is 0. The first kappa shape index (κ1) is 13.9. The van der Waals surface area contributed by atoms with Gasteiger partial charge in [-0.05, 0) is 19.1 Å². The molecule has 0 radical (unpaired) electrons. The van der Waals surface area contributed by atoms with E-state index in [9.17, 15) is 4.79 Å². The Morgan fingerprint density at radius 2 is 1.78 bits per heavy atom. The minimum Gasteiger partial charge on any atom is -0.497 e. The number of hydrogen-bond acceptors (Lipinski definition) is 5. The highest BCUT2D eigenvalue weighted by Gasteiger charge is 2.06. The molecule has 0 saturated heterocycles. The van der Waals surface area contributed by atoms with Gasteiger partial charge in [0.05, 0.1) is 20.8 Å². The van der Waals surface area contributed by atoms with Crippen molar-refractivity contribution >= 4 is 11.7 Å². The van der Waals surface area contributed by atoms with Crippen LogP contribution in [0.25, 0.3) is 5.70 Å². The van der Waals surface area contributed by atoms with Gasteiger partial charge in [0.25, 0.3) is 0 Å². The van der Waals surface area contributed by atoms with E-state index < -0.39 is 5.97 Å². The predicted octanol–water partition coefficient (Wildman–Crippen LogP) is 1.57. The molecule has 2 N–H and O–H groups in total. The summed E-state index contributed by atoms with van der Waals surface area (Å²) in [6.07, 6.45) is 1.23. The third-order valence-corrected chi connectivity index (χ3v) is 2.24. The molecule has 0 saturated carbocycles. The monoisotopic (exact) mass is 251 g/mol. The first-order valence-electron chi connectivity index (χ1n) is 5.48. The van der Waals surface area contributed by atoms with Crippen molar-refractivity contribution in [3.05, 3.63) is 29.8 Å². The van der Waals surface area contributed by atoms with Crippen LogP contribution in [0.3, 0.4) is 0 Å². The molecule has 1 rings (SSSR count). The predicted molar refractivity (Wildman–Crippen MR) is 68.3 cm³/mol. The zero-order valence-electron chi connectivity index (χ0n) is 10.7. The number of ether oxygens (including phenoxy) is 3. The van der Waals surface area contributed by atoms with Crippen molar-refractivity contribution in [2.24, 2.45) is 5.73 Å². The number of hydrogen-bond donors (Lipinski definition) is 1. The molecule has 0 aliphatic heterocycles. The van der Waals surface area contributed by atoms with Gasteiger partial charge in [0.15, 0.2) is 0 Å². The molecule has 0 aromatic heterocycles. The number of carbonyl (C=O) groups excluding carboxylic acids is 1. The summed E-state index contributed by atoms with van der Waals surface area (Å²) in [5.74, 6) is 0.728. The number of nitrogens with two attached hydrogens (primary N) is 1. The Bertz CT molecular complexity index is 432. The van der Waals surface area contributed by atoms with Crippen LogP contribution < -0.4 is 15.2 Å². The van der Waals surface area contributed by atoms with Crippen LogP contribution in [0.4, 0.5) is 0 Å². The molecule has 0 amide bonds. The second-order valence-corrected chi connectivity index (χ2v) is 3.45. The third kappa shape index (κ3) is 3.69. The topological polar surface area (TPSA) is 70.8 Å². The molecule has 0 bridgehead atoms. The molecular weight excluding hydrogens is 234 g/mol. The van der Waals surface area contributed by atoms with E-state index in [1.165, 1.54) is 6.08 Å². The van der Waals surface area contributed by atoms with Crippen LogP contribution in [0.5, 0.6) is 11.5 Å². The maximum atomic E-state index is 11.3. The van der Waals surface area contributed by atoms with Gasteiger partial charge in [0.2, 0.25) is 0 Å². The van der Waals surface area contributed by atoms with Crippen LogP contribution in [0.1, 0.15) is 12.5 Å². The van der Waals surface area contributed by atoms with Crippen molar-refractivity contribution in [3.8, 4) is 11.5 Å². The van der Waals surface area contributed by atoms with Crippen LogP contribution in [0.2, 0.25) is 0 Å². The number of benzene rings is 1. The molecule has 0 spiro atoms. The minimum atomic E-state index is -0.475. The molecule has 18 heavy (non-hydrogen) atoms. The summed E-state index contributed by atoms with van der Waals surface area (Å²) < 4.78 is 15.0. The van der Waals surface area contributed by atoms with Gasteiger partial charge in [-0.3, -0.25) is 0 Å². The summed E-state index contributed by atoms with van der Waals surface area (Å²) in [5.41, 5.74) is 6.76. The highest BCUT2D eigenvalue weighted by Crippen LogP contribution is 2.25. The van der Waals surface area contributed by atoms with E-state index in [0.29, 0.717) is 29.4 Å². The Morgan fingerprint density at radius 3 is 2.22 bits per heavy atom. The first-order valence-corrected chi connectivity index (χ1v) is 5.48. The molecule has 0 aliphatic carbocycles. The van der Waals surface area contributed by atoms with Gasteiger partial charge in [-0.1, -0.05) is 0 Å². The Kier molecular flexibility index (Phi) is 5.05. The van der Waals surface area contributed by atoms with Gasteiger partial charge >= 0.3 is 5.97 Å².